The van der Waals surface area contributed by atoms with Gasteiger partial charge in [0, 0.05) is 22.2 Å². The van der Waals surface area contributed by atoms with E-state index in [9.17, 15) is 31.1 Å². The lowest BCUT2D eigenvalue weighted by Gasteiger charge is -2.41. The number of carbonyl (C=O) groups is 1. The summed E-state index contributed by atoms with van der Waals surface area (Å²) in [6, 6.07) is 3.20. The molecule has 0 saturated heterocycles. The van der Waals surface area contributed by atoms with Crippen LogP contribution >= 0.6 is 0 Å². The largest absolute Gasteiger partial charge is 0.460 e. The summed E-state index contributed by atoms with van der Waals surface area (Å²) < 4.78 is 89.5. The number of rotatable bonds is 8. The van der Waals surface area contributed by atoms with Crippen LogP contribution < -0.4 is 5.32 Å². The van der Waals surface area contributed by atoms with Gasteiger partial charge < -0.3 is 14.8 Å². The minimum Gasteiger partial charge on any atom is -0.460 e. The summed E-state index contributed by atoms with van der Waals surface area (Å²) in [5.41, 5.74) is -8.62. The second-order valence-electron chi connectivity index (χ2n) is 9.47. The maximum absolute atomic E-state index is 14.2. The molecule has 0 atom stereocenters. The minimum atomic E-state index is -5.88. The minimum absolute atomic E-state index is 0.0690. The molecule has 1 radical (unpaired) electrons. The fourth-order valence-corrected chi connectivity index (χ4v) is 3.55. The van der Waals surface area contributed by atoms with Gasteiger partial charge in [0.15, 0.2) is 0 Å². The van der Waals surface area contributed by atoms with Crippen molar-refractivity contribution in [3.63, 3.8) is 0 Å². The van der Waals surface area contributed by atoms with Gasteiger partial charge in [0.2, 0.25) is 0 Å². The van der Waals surface area contributed by atoms with Crippen LogP contribution in [0.1, 0.15) is 66.4 Å². The van der Waals surface area contributed by atoms with Crippen molar-refractivity contribution in [1.29, 1.82) is 0 Å². The lowest BCUT2D eigenvalue weighted by Crippen LogP contribution is -2.59. The van der Waals surface area contributed by atoms with E-state index >= 15 is 0 Å². The predicted octanol–water partition coefficient (Wildman–Crippen LogP) is 6.68. The molecule has 33 heavy (non-hydrogen) atoms. The standard InChI is InChI=1S/C22H28BF6N2O2/c1-7-11-19(5,6)31-13-9-10-15-14(12-13)20(21(24,25)26,22(27,28)29)33-17(30-15)23-16(32)18(3,4)8-2/h9-10,12,31H,7-8,11H2,1-6H3. The normalized spacial score (nSPS) is 16.4. The first kappa shape index (κ1) is 27.1. The second kappa shape index (κ2) is 8.87. The van der Waals surface area contributed by atoms with Gasteiger partial charge in [0.05, 0.1) is 5.69 Å². The van der Waals surface area contributed by atoms with Gasteiger partial charge in [0.25, 0.3) is 0 Å². The highest BCUT2D eigenvalue weighted by molar-refractivity contribution is 6.97. The van der Waals surface area contributed by atoms with Crippen LogP contribution in [0.3, 0.4) is 0 Å². The van der Waals surface area contributed by atoms with Gasteiger partial charge in [-0.1, -0.05) is 34.1 Å². The van der Waals surface area contributed by atoms with Crippen LogP contribution in [0.2, 0.25) is 0 Å². The van der Waals surface area contributed by atoms with Crippen molar-refractivity contribution in [2.24, 2.45) is 10.4 Å². The first-order chi connectivity index (χ1) is 14.9. The quantitative estimate of drug-likeness (QED) is 0.336. The Labute approximate surface area is 190 Å². The summed E-state index contributed by atoms with van der Waals surface area (Å²) in [6.07, 6.45) is -10.0. The molecule has 0 aliphatic carbocycles. The van der Waals surface area contributed by atoms with E-state index in [0.29, 0.717) is 20.1 Å². The number of ether oxygens (including phenoxy) is 1. The van der Waals surface area contributed by atoms with E-state index in [1.54, 1.807) is 20.8 Å². The Bertz CT molecular complexity index is 908. The zero-order valence-corrected chi connectivity index (χ0v) is 19.5. The zero-order chi connectivity index (χ0) is 25.5. The molecular weight excluding hydrogens is 449 g/mol. The first-order valence-electron chi connectivity index (χ1n) is 10.6. The Morgan fingerprint density at radius 2 is 1.64 bits per heavy atom. The van der Waals surface area contributed by atoms with Crippen LogP contribution in [0, 0.1) is 5.41 Å². The van der Waals surface area contributed by atoms with Crippen LogP contribution in [0.25, 0.3) is 0 Å². The highest BCUT2D eigenvalue weighted by atomic mass is 19.4. The summed E-state index contributed by atoms with van der Waals surface area (Å²) in [5, 5.41) is 2.98. The van der Waals surface area contributed by atoms with Crippen molar-refractivity contribution >= 4 is 30.1 Å². The number of hydrogen-bond donors (Lipinski definition) is 1. The Hall–Kier alpha value is -2.20. The Balaban J connectivity index is 2.68. The smallest absolute Gasteiger partial charge is 0.442 e. The molecular formula is C22H28BF6N2O2. The maximum atomic E-state index is 14.2. The van der Waals surface area contributed by atoms with E-state index in [1.807, 2.05) is 6.92 Å². The third-order valence-corrected chi connectivity index (χ3v) is 5.83. The summed E-state index contributed by atoms with van der Waals surface area (Å²) in [7, 11) is 0.606. The average molecular weight is 477 g/mol. The molecule has 11 heteroatoms. The lowest BCUT2D eigenvalue weighted by molar-refractivity contribution is -0.369. The number of benzene rings is 1. The van der Waals surface area contributed by atoms with E-state index in [2.05, 4.69) is 15.0 Å². The number of hydrogen-bond acceptors (Lipinski definition) is 4. The van der Waals surface area contributed by atoms with E-state index < -0.39 is 51.6 Å². The van der Waals surface area contributed by atoms with Gasteiger partial charge in [0.1, 0.15) is 11.5 Å². The fraction of sp³-hybridized carbons (Fsp3) is 0.636. The topological polar surface area (TPSA) is 50.7 Å². The molecule has 0 bridgehead atoms. The molecule has 0 amide bonds. The van der Waals surface area contributed by atoms with Crippen LogP contribution in [-0.2, 0) is 15.1 Å². The van der Waals surface area contributed by atoms with E-state index in [4.69, 9.17) is 0 Å². The number of aliphatic imine (C=N–C) groups is 1. The van der Waals surface area contributed by atoms with Crippen LogP contribution in [-0.4, -0.2) is 36.7 Å². The third kappa shape index (κ3) is 5.32. The van der Waals surface area contributed by atoms with Crippen molar-refractivity contribution in [3.8, 4) is 0 Å². The molecule has 1 N–H and O–H groups in total. The van der Waals surface area contributed by atoms with Gasteiger partial charge in [-0.25, -0.2) is 4.99 Å². The molecule has 0 unspecified atom stereocenters. The van der Waals surface area contributed by atoms with Crippen LogP contribution in [0.15, 0.2) is 23.2 Å². The lowest BCUT2D eigenvalue weighted by atomic mass is 9.61. The molecule has 1 aliphatic heterocycles. The van der Waals surface area contributed by atoms with Gasteiger partial charge in [-0.05, 0) is 44.9 Å². The number of nitrogens with one attached hydrogen (secondary N) is 1. The monoisotopic (exact) mass is 477 g/mol. The van der Waals surface area contributed by atoms with Crippen molar-refractivity contribution in [2.75, 3.05) is 5.32 Å². The number of carbonyl (C=O) groups excluding carboxylic acids is 1. The van der Waals surface area contributed by atoms with Crippen molar-refractivity contribution in [1.82, 2.24) is 0 Å². The third-order valence-electron chi connectivity index (χ3n) is 5.83. The van der Waals surface area contributed by atoms with E-state index in [-0.39, 0.29) is 5.69 Å². The fourth-order valence-electron chi connectivity index (χ4n) is 3.55. The maximum Gasteiger partial charge on any atom is 0.442 e. The molecule has 1 aromatic carbocycles. The first-order valence-corrected chi connectivity index (χ1v) is 10.6. The SMILES string of the molecule is CCCC(C)(C)Nc1ccc2c(c1)C(C(F)(F)F)(C(F)(F)F)OC([B]C(=O)C(C)(C)CC)=N2. The van der Waals surface area contributed by atoms with Crippen LogP contribution in [0.4, 0.5) is 37.7 Å². The Morgan fingerprint density at radius 3 is 2.12 bits per heavy atom. The highest BCUT2D eigenvalue weighted by Crippen LogP contribution is 2.57. The Morgan fingerprint density at radius 1 is 1.06 bits per heavy atom. The summed E-state index contributed by atoms with van der Waals surface area (Å²) >= 11 is 0. The molecule has 1 heterocycles. The van der Waals surface area contributed by atoms with Gasteiger partial charge in [-0.2, -0.15) is 26.3 Å². The summed E-state index contributed by atoms with van der Waals surface area (Å²) in [4.78, 5) is 16.3. The molecule has 1 aromatic rings. The molecule has 2 rings (SSSR count). The number of halogens is 6. The van der Waals surface area contributed by atoms with Crippen molar-refractivity contribution in [3.05, 3.63) is 23.8 Å². The molecule has 1 aliphatic rings. The average Bonchev–Trinajstić information content (AvgIpc) is 2.65. The van der Waals surface area contributed by atoms with Crippen molar-refractivity contribution in [2.45, 2.75) is 84.3 Å². The number of fused-ring (bicyclic) bond motifs is 1. The van der Waals surface area contributed by atoms with Gasteiger partial charge >= 0.3 is 25.2 Å². The van der Waals surface area contributed by atoms with Crippen molar-refractivity contribution < 1.29 is 35.9 Å². The molecule has 0 aromatic heterocycles. The predicted molar refractivity (Wildman–Crippen MR) is 116 cm³/mol. The Kier molecular flexibility index (Phi) is 7.27. The molecule has 0 fully saturated rings. The number of anilines is 1. The van der Waals surface area contributed by atoms with Gasteiger partial charge in [-0.3, -0.25) is 0 Å². The van der Waals surface area contributed by atoms with E-state index in [1.165, 1.54) is 19.9 Å². The zero-order valence-electron chi connectivity index (χ0n) is 19.5. The second-order valence-corrected chi connectivity index (χ2v) is 9.47. The summed E-state index contributed by atoms with van der Waals surface area (Å²) in [5.74, 6) is -1.03. The summed E-state index contributed by atoms with van der Waals surface area (Å²) in [6.45, 7) is 10.2. The van der Waals surface area contributed by atoms with Gasteiger partial charge in [-0.15, -0.1) is 0 Å². The molecule has 183 valence electrons. The highest BCUT2D eigenvalue weighted by Gasteiger charge is 2.76. The van der Waals surface area contributed by atoms with E-state index in [0.717, 1.165) is 18.6 Å². The molecule has 0 saturated carbocycles. The molecule has 4 nitrogen and oxygen atoms in total. The van der Waals surface area contributed by atoms with Crippen LogP contribution in [0.5, 0.6) is 0 Å². The molecule has 0 spiro atoms. The number of nitrogens with zero attached hydrogens (tertiary/aromatic N) is 1. The number of alkyl halides is 6.